The van der Waals surface area contributed by atoms with Gasteiger partial charge in [0.2, 0.25) is 0 Å². The number of benzene rings is 2. The van der Waals surface area contributed by atoms with E-state index >= 15 is 0 Å². The van der Waals surface area contributed by atoms with E-state index in [4.69, 9.17) is 4.74 Å². The fraction of sp³-hybridized carbons (Fsp3) is 0.320. The molecule has 0 saturated carbocycles. The molecule has 0 bridgehead atoms. The Bertz CT molecular complexity index is 967. The number of anilines is 1. The third-order valence-corrected chi connectivity index (χ3v) is 6.50. The molecule has 31 heavy (non-hydrogen) atoms. The second kappa shape index (κ2) is 10.7. The first-order chi connectivity index (χ1) is 15.2. The van der Waals surface area contributed by atoms with Crippen LogP contribution in [0, 0.1) is 6.92 Å². The Balaban J connectivity index is 1.35. The van der Waals surface area contributed by atoms with E-state index in [2.05, 4.69) is 39.1 Å². The summed E-state index contributed by atoms with van der Waals surface area (Å²) in [7, 11) is 0. The summed E-state index contributed by atoms with van der Waals surface area (Å²) in [4.78, 5) is 16.4. The van der Waals surface area contributed by atoms with Crippen molar-refractivity contribution in [2.75, 3.05) is 38.2 Å². The fourth-order valence-electron chi connectivity index (χ4n) is 3.80. The zero-order valence-electron chi connectivity index (χ0n) is 17.8. The van der Waals surface area contributed by atoms with Crippen LogP contribution in [0.5, 0.6) is 0 Å². The summed E-state index contributed by atoms with van der Waals surface area (Å²) in [5.41, 5.74) is 3.77. The van der Waals surface area contributed by atoms with Crippen LogP contribution in [0.3, 0.4) is 0 Å². The van der Waals surface area contributed by atoms with Crippen LogP contribution in [0.25, 0.3) is 0 Å². The smallest absolute Gasteiger partial charge is 0.255 e. The molecule has 162 valence electrons. The molecule has 0 radical (unpaired) electrons. The lowest BCUT2D eigenvalue weighted by atomic mass is 10.1. The van der Waals surface area contributed by atoms with Crippen molar-refractivity contribution in [3.63, 3.8) is 0 Å². The van der Waals surface area contributed by atoms with Gasteiger partial charge in [0.05, 0.1) is 19.3 Å². The van der Waals surface area contributed by atoms with Gasteiger partial charge in [-0.3, -0.25) is 9.69 Å². The predicted molar refractivity (Wildman–Crippen MR) is 127 cm³/mol. The van der Waals surface area contributed by atoms with Gasteiger partial charge in [-0.15, -0.1) is 11.3 Å². The molecule has 0 spiro atoms. The summed E-state index contributed by atoms with van der Waals surface area (Å²) in [5.74, 6) is -0.0878. The highest BCUT2D eigenvalue weighted by Crippen LogP contribution is 2.25. The summed E-state index contributed by atoms with van der Waals surface area (Å²) in [6.45, 7) is 7.16. The van der Waals surface area contributed by atoms with Gasteiger partial charge in [-0.2, -0.15) is 0 Å². The lowest BCUT2D eigenvalue weighted by Gasteiger charge is -2.34. The number of morpholine rings is 1. The van der Waals surface area contributed by atoms with E-state index in [1.165, 1.54) is 4.88 Å². The first-order valence-electron chi connectivity index (χ1n) is 10.7. The maximum atomic E-state index is 12.5. The average Bonchev–Trinajstić information content (AvgIpc) is 3.32. The second-order valence-corrected chi connectivity index (χ2v) is 8.81. The maximum absolute atomic E-state index is 12.5. The Labute approximate surface area is 188 Å². The van der Waals surface area contributed by atoms with E-state index in [-0.39, 0.29) is 5.91 Å². The van der Waals surface area contributed by atoms with Gasteiger partial charge in [0, 0.05) is 42.3 Å². The molecular weight excluding hydrogens is 406 g/mol. The van der Waals surface area contributed by atoms with Crippen LogP contribution in [-0.4, -0.2) is 43.7 Å². The molecule has 1 amide bonds. The lowest BCUT2D eigenvalue weighted by molar-refractivity contribution is 0.0168. The molecule has 1 aliphatic heterocycles. The zero-order valence-corrected chi connectivity index (χ0v) is 18.7. The van der Waals surface area contributed by atoms with E-state index in [1.807, 2.05) is 60.7 Å². The molecule has 1 aliphatic rings. The molecule has 1 unspecified atom stereocenters. The number of nitrogens with zero attached hydrogens (tertiary/aromatic N) is 1. The maximum Gasteiger partial charge on any atom is 0.255 e. The number of carbonyl (C=O) groups excluding carboxylic acids is 1. The molecule has 2 heterocycles. The van der Waals surface area contributed by atoms with E-state index in [0.717, 1.165) is 56.2 Å². The fourth-order valence-corrected chi connectivity index (χ4v) is 4.66. The Morgan fingerprint density at radius 2 is 1.90 bits per heavy atom. The average molecular weight is 436 g/mol. The van der Waals surface area contributed by atoms with Crippen molar-refractivity contribution in [1.82, 2.24) is 10.2 Å². The molecule has 4 rings (SSSR count). The SMILES string of the molecule is Cc1ccc(C(=O)Nc2cccc(CNCC(c3cccs3)N3CCOCC3)c2)cc1. The molecule has 6 heteroatoms. The van der Waals surface area contributed by atoms with Crippen LogP contribution in [0.1, 0.15) is 32.4 Å². The number of hydrogen-bond acceptors (Lipinski definition) is 5. The van der Waals surface area contributed by atoms with Gasteiger partial charge in [-0.05, 0) is 48.2 Å². The number of ether oxygens (including phenoxy) is 1. The molecule has 3 aromatic rings. The monoisotopic (exact) mass is 435 g/mol. The number of carbonyl (C=O) groups is 1. The number of aryl methyl sites for hydroxylation is 1. The first kappa shape index (κ1) is 21.7. The summed E-state index contributed by atoms with van der Waals surface area (Å²) < 4.78 is 5.53. The highest BCUT2D eigenvalue weighted by atomic mass is 32.1. The number of amides is 1. The molecular formula is C25H29N3O2S. The van der Waals surface area contributed by atoms with Crippen LogP contribution in [0.2, 0.25) is 0 Å². The van der Waals surface area contributed by atoms with Gasteiger partial charge in [0.15, 0.2) is 0 Å². The van der Waals surface area contributed by atoms with Crippen molar-refractivity contribution >= 4 is 22.9 Å². The molecule has 2 aromatic carbocycles. The molecule has 1 aromatic heterocycles. The van der Waals surface area contributed by atoms with Gasteiger partial charge in [0.1, 0.15) is 0 Å². The van der Waals surface area contributed by atoms with Crippen LogP contribution < -0.4 is 10.6 Å². The standard InChI is InChI=1S/C25H29N3O2S/c1-19-7-9-21(10-8-19)25(29)27-22-5-2-4-20(16-22)17-26-18-23(24-6-3-15-31-24)28-11-13-30-14-12-28/h2-10,15-16,23,26H,11-14,17-18H2,1H3,(H,27,29). The van der Waals surface area contributed by atoms with Crippen LogP contribution >= 0.6 is 11.3 Å². The molecule has 2 N–H and O–H groups in total. The van der Waals surface area contributed by atoms with Gasteiger partial charge in [-0.1, -0.05) is 35.9 Å². The Hall–Kier alpha value is -2.51. The van der Waals surface area contributed by atoms with Crippen LogP contribution in [0.15, 0.2) is 66.0 Å². The number of thiophene rings is 1. The minimum atomic E-state index is -0.0878. The molecule has 1 fully saturated rings. The van der Waals surface area contributed by atoms with E-state index in [9.17, 15) is 4.79 Å². The van der Waals surface area contributed by atoms with Gasteiger partial charge >= 0.3 is 0 Å². The molecule has 5 nitrogen and oxygen atoms in total. The van der Waals surface area contributed by atoms with Gasteiger partial charge in [0.25, 0.3) is 5.91 Å². The van der Waals surface area contributed by atoms with Crippen molar-refractivity contribution < 1.29 is 9.53 Å². The van der Waals surface area contributed by atoms with Crippen LogP contribution in [-0.2, 0) is 11.3 Å². The summed E-state index contributed by atoms with van der Waals surface area (Å²) in [6, 6.07) is 20.3. The van der Waals surface area contributed by atoms with Crippen LogP contribution in [0.4, 0.5) is 5.69 Å². The van der Waals surface area contributed by atoms with Crippen molar-refractivity contribution in [2.45, 2.75) is 19.5 Å². The third-order valence-electron chi connectivity index (χ3n) is 5.52. The van der Waals surface area contributed by atoms with Crippen molar-refractivity contribution in [3.8, 4) is 0 Å². The topological polar surface area (TPSA) is 53.6 Å². The minimum Gasteiger partial charge on any atom is -0.379 e. The molecule has 0 aliphatic carbocycles. The third kappa shape index (κ3) is 6.02. The quantitative estimate of drug-likeness (QED) is 0.548. The molecule has 1 saturated heterocycles. The highest BCUT2D eigenvalue weighted by Gasteiger charge is 2.23. The summed E-state index contributed by atoms with van der Waals surface area (Å²) in [6.07, 6.45) is 0. The summed E-state index contributed by atoms with van der Waals surface area (Å²) >= 11 is 1.81. The Morgan fingerprint density at radius 3 is 2.65 bits per heavy atom. The van der Waals surface area contributed by atoms with Crippen molar-refractivity contribution in [2.24, 2.45) is 0 Å². The number of rotatable bonds is 8. The van der Waals surface area contributed by atoms with E-state index in [0.29, 0.717) is 11.6 Å². The molecule has 1 atom stereocenters. The second-order valence-electron chi connectivity index (χ2n) is 7.83. The van der Waals surface area contributed by atoms with E-state index < -0.39 is 0 Å². The Morgan fingerprint density at radius 1 is 1.10 bits per heavy atom. The van der Waals surface area contributed by atoms with Gasteiger partial charge in [-0.25, -0.2) is 0 Å². The zero-order chi connectivity index (χ0) is 21.5. The predicted octanol–water partition coefficient (Wildman–Crippen LogP) is 4.47. The van der Waals surface area contributed by atoms with E-state index in [1.54, 1.807) is 0 Å². The first-order valence-corrected chi connectivity index (χ1v) is 11.6. The minimum absolute atomic E-state index is 0.0878. The van der Waals surface area contributed by atoms with Crippen molar-refractivity contribution in [3.05, 3.63) is 87.6 Å². The van der Waals surface area contributed by atoms with Gasteiger partial charge < -0.3 is 15.4 Å². The van der Waals surface area contributed by atoms with Crippen molar-refractivity contribution in [1.29, 1.82) is 0 Å². The number of nitrogens with one attached hydrogen (secondary N) is 2. The lowest BCUT2D eigenvalue weighted by Crippen LogP contribution is -2.42. The summed E-state index contributed by atoms with van der Waals surface area (Å²) in [5, 5.41) is 8.76. The highest BCUT2D eigenvalue weighted by molar-refractivity contribution is 7.10. The number of hydrogen-bond donors (Lipinski definition) is 2. The normalized spacial score (nSPS) is 15.5. The Kier molecular flexibility index (Phi) is 7.48. The largest absolute Gasteiger partial charge is 0.379 e.